The number of aliphatic hydroxyl groups excluding tert-OH is 1. The Bertz CT molecular complexity index is 1160. The van der Waals surface area contributed by atoms with Crippen LogP contribution >= 0.6 is 0 Å². The van der Waals surface area contributed by atoms with Crippen molar-refractivity contribution in [2.24, 2.45) is 0 Å². The fourth-order valence-corrected chi connectivity index (χ4v) is 3.09. The van der Waals surface area contributed by atoms with Gasteiger partial charge < -0.3 is 10.2 Å². The molecule has 4 aromatic rings. The maximum Gasteiger partial charge on any atom is 0.185 e. The maximum absolute atomic E-state index is 12.4. The first-order valence-corrected chi connectivity index (χ1v) is 9.22. The van der Waals surface area contributed by atoms with Crippen molar-refractivity contribution in [3.8, 4) is 11.4 Å². The normalized spacial score (nSPS) is 11.3. The van der Waals surface area contributed by atoms with Gasteiger partial charge in [-0.15, -0.1) is 15.0 Å². The number of hydrogen-bond donors (Lipinski definition) is 2. The minimum atomic E-state index is -0.165. The highest BCUT2D eigenvalue weighted by Gasteiger charge is 2.14. The number of aromatic nitrogens is 3. The molecule has 3 aromatic carbocycles. The number of fused-ring (bicyclic) bond motifs is 1. The Morgan fingerprint density at radius 1 is 0.966 bits per heavy atom. The van der Waals surface area contributed by atoms with Crippen LogP contribution in [0.2, 0.25) is 0 Å². The Morgan fingerprint density at radius 3 is 2.28 bits per heavy atom. The zero-order valence-electron chi connectivity index (χ0n) is 15.6. The van der Waals surface area contributed by atoms with E-state index in [4.69, 9.17) is 0 Å². The van der Waals surface area contributed by atoms with Gasteiger partial charge in [-0.3, -0.25) is 4.79 Å². The predicted molar refractivity (Wildman–Crippen MR) is 111 cm³/mol. The molecule has 0 aliphatic rings. The van der Waals surface area contributed by atoms with E-state index in [-0.39, 0.29) is 18.1 Å². The molecule has 4 rings (SSSR count). The van der Waals surface area contributed by atoms with Gasteiger partial charge in [0.15, 0.2) is 5.78 Å². The predicted octanol–water partition coefficient (Wildman–Crippen LogP) is 3.56. The summed E-state index contributed by atoms with van der Waals surface area (Å²) < 4.78 is 0. The third-order valence-electron chi connectivity index (χ3n) is 4.55. The number of rotatable bonds is 6. The highest BCUT2D eigenvalue weighted by molar-refractivity contribution is 6.07. The number of nitrogens with zero attached hydrogens (tertiary/aromatic N) is 3. The molecule has 6 nitrogen and oxygen atoms in total. The van der Waals surface area contributed by atoms with Crippen molar-refractivity contribution in [2.75, 3.05) is 6.61 Å². The number of ketones is 1. The molecule has 0 bridgehead atoms. The minimum absolute atomic E-state index is 0.0369. The van der Waals surface area contributed by atoms with E-state index in [0.717, 1.165) is 5.56 Å². The topological polar surface area (TPSA) is 88.2 Å². The van der Waals surface area contributed by atoms with E-state index in [9.17, 15) is 15.0 Å². The summed E-state index contributed by atoms with van der Waals surface area (Å²) in [6.45, 7) is -0.0369. The monoisotopic (exact) mass is 385 g/mol. The smallest absolute Gasteiger partial charge is 0.185 e. The Labute approximate surface area is 167 Å². The van der Waals surface area contributed by atoms with E-state index in [1.54, 1.807) is 42.5 Å². The van der Waals surface area contributed by atoms with Gasteiger partial charge in [-0.2, -0.15) is 0 Å². The van der Waals surface area contributed by atoms with E-state index in [1.807, 2.05) is 30.3 Å². The minimum Gasteiger partial charge on any atom is -0.505 e. The number of aliphatic hydroxyl groups is 1. The molecule has 0 saturated carbocycles. The highest BCUT2D eigenvalue weighted by atomic mass is 16.3. The van der Waals surface area contributed by atoms with Gasteiger partial charge in [-0.25, -0.2) is 0 Å². The summed E-state index contributed by atoms with van der Waals surface area (Å²) in [7, 11) is 0. The van der Waals surface area contributed by atoms with E-state index < -0.39 is 0 Å². The second-order valence-corrected chi connectivity index (χ2v) is 6.57. The van der Waals surface area contributed by atoms with Crippen LogP contribution in [-0.4, -0.2) is 37.6 Å². The Kier molecular flexibility index (Phi) is 5.18. The molecular formula is C23H19N3O3. The van der Waals surface area contributed by atoms with E-state index in [0.29, 0.717) is 34.3 Å². The SMILES string of the molecule is O=C(C=Cc1cc(CCO)cc(-n2nc3ccccc3n2)c1O)c1ccccc1. The summed E-state index contributed by atoms with van der Waals surface area (Å²) in [6, 6.07) is 19.8. The van der Waals surface area contributed by atoms with Gasteiger partial charge in [0.05, 0.1) is 0 Å². The van der Waals surface area contributed by atoms with Crippen LogP contribution in [0.15, 0.2) is 72.8 Å². The number of carbonyl (C=O) groups excluding carboxylic acids is 1. The van der Waals surface area contributed by atoms with Crippen LogP contribution in [0, 0.1) is 0 Å². The first-order chi connectivity index (χ1) is 14.2. The Hall–Kier alpha value is -3.77. The van der Waals surface area contributed by atoms with Gasteiger partial charge in [0, 0.05) is 17.7 Å². The molecule has 144 valence electrons. The lowest BCUT2D eigenvalue weighted by Crippen LogP contribution is -2.03. The fourth-order valence-electron chi connectivity index (χ4n) is 3.09. The van der Waals surface area contributed by atoms with Crippen molar-refractivity contribution < 1.29 is 15.0 Å². The van der Waals surface area contributed by atoms with Gasteiger partial charge in [-0.1, -0.05) is 42.5 Å². The van der Waals surface area contributed by atoms with Crippen molar-refractivity contribution in [3.63, 3.8) is 0 Å². The zero-order chi connectivity index (χ0) is 20.2. The lowest BCUT2D eigenvalue weighted by molar-refractivity contribution is 0.104. The lowest BCUT2D eigenvalue weighted by atomic mass is 10.0. The van der Waals surface area contributed by atoms with Crippen molar-refractivity contribution in [1.82, 2.24) is 15.0 Å². The molecule has 0 radical (unpaired) electrons. The number of benzene rings is 3. The number of phenols is 1. The van der Waals surface area contributed by atoms with Gasteiger partial charge in [0.2, 0.25) is 0 Å². The van der Waals surface area contributed by atoms with Crippen molar-refractivity contribution in [2.45, 2.75) is 6.42 Å². The first kappa shape index (κ1) is 18.6. The standard InChI is InChI=1S/C23H19N3O3/c27-13-12-16-14-18(10-11-22(28)17-6-2-1-3-7-17)23(29)21(15-16)26-24-19-8-4-5-9-20(19)25-26/h1-11,14-15,27,29H,12-13H2. The molecule has 0 spiro atoms. The summed E-state index contributed by atoms with van der Waals surface area (Å²) in [4.78, 5) is 13.7. The number of phenolic OH excluding ortho intramolecular Hbond substituents is 1. The van der Waals surface area contributed by atoms with Gasteiger partial charge in [-0.05, 0) is 48.4 Å². The van der Waals surface area contributed by atoms with E-state index in [1.165, 1.54) is 10.9 Å². The molecule has 2 N–H and O–H groups in total. The molecule has 29 heavy (non-hydrogen) atoms. The summed E-state index contributed by atoms with van der Waals surface area (Å²) in [5.74, 6) is -0.203. The van der Waals surface area contributed by atoms with Crippen LogP contribution in [0.4, 0.5) is 0 Å². The van der Waals surface area contributed by atoms with Gasteiger partial charge in [0.1, 0.15) is 22.5 Å². The maximum atomic E-state index is 12.4. The molecule has 6 heteroatoms. The number of allylic oxidation sites excluding steroid dienone is 1. The summed E-state index contributed by atoms with van der Waals surface area (Å²) in [5.41, 5.74) is 3.62. The average Bonchev–Trinajstić information content (AvgIpc) is 3.18. The van der Waals surface area contributed by atoms with E-state index >= 15 is 0 Å². The van der Waals surface area contributed by atoms with Crippen LogP contribution in [0.25, 0.3) is 22.8 Å². The summed E-state index contributed by atoms with van der Waals surface area (Å²) in [5, 5.41) is 29.0. The second-order valence-electron chi connectivity index (χ2n) is 6.57. The Balaban J connectivity index is 1.75. The molecule has 0 unspecified atom stereocenters. The molecule has 0 aliphatic heterocycles. The number of carbonyl (C=O) groups is 1. The molecule has 0 fully saturated rings. The summed E-state index contributed by atoms with van der Waals surface area (Å²) in [6.07, 6.45) is 3.39. The lowest BCUT2D eigenvalue weighted by Gasteiger charge is -2.10. The fraction of sp³-hybridized carbons (Fsp3) is 0.0870. The number of hydrogen-bond acceptors (Lipinski definition) is 5. The molecule has 1 aromatic heterocycles. The summed E-state index contributed by atoms with van der Waals surface area (Å²) >= 11 is 0. The van der Waals surface area contributed by atoms with Crippen molar-refractivity contribution in [1.29, 1.82) is 0 Å². The van der Waals surface area contributed by atoms with Crippen LogP contribution < -0.4 is 0 Å². The third-order valence-corrected chi connectivity index (χ3v) is 4.55. The second kappa shape index (κ2) is 8.08. The molecular weight excluding hydrogens is 366 g/mol. The average molecular weight is 385 g/mol. The van der Waals surface area contributed by atoms with Crippen LogP contribution in [-0.2, 0) is 6.42 Å². The quantitative estimate of drug-likeness (QED) is 0.391. The Morgan fingerprint density at radius 2 is 1.62 bits per heavy atom. The van der Waals surface area contributed by atoms with Gasteiger partial charge in [0.25, 0.3) is 0 Å². The van der Waals surface area contributed by atoms with Gasteiger partial charge >= 0.3 is 0 Å². The highest BCUT2D eigenvalue weighted by Crippen LogP contribution is 2.29. The van der Waals surface area contributed by atoms with Crippen LogP contribution in [0.5, 0.6) is 5.75 Å². The first-order valence-electron chi connectivity index (χ1n) is 9.22. The molecule has 1 heterocycles. The molecule has 0 saturated heterocycles. The van der Waals surface area contributed by atoms with Crippen LogP contribution in [0.1, 0.15) is 21.5 Å². The molecule has 0 atom stereocenters. The third kappa shape index (κ3) is 3.93. The van der Waals surface area contributed by atoms with E-state index in [2.05, 4.69) is 10.2 Å². The van der Waals surface area contributed by atoms with Crippen molar-refractivity contribution >= 4 is 22.9 Å². The zero-order valence-corrected chi connectivity index (χ0v) is 15.6. The molecule has 0 amide bonds. The largest absolute Gasteiger partial charge is 0.505 e. The van der Waals surface area contributed by atoms with Crippen LogP contribution in [0.3, 0.4) is 0 Å². The molecule has 0 aliphatic carbocycles. The van der Waals surface area contributed by atoms with Crippen molar-refractivity contribution in [3.05, 3.63) is 89.5 Å². The number of aromatic hydroxyl groups is 1.